The van der Waals surface area contributed by atoms with Crippen LogP contribution < -0.4 is 0 Å². The molecule has 3 unspecified atom stereocenters. The van der Waals surface area contributed by atoms with Gasteiger partial charge in [-0.2, -0.15) is 13.2 Å². The van der Waals surface area contributed by atoms with Gasteiger partial charge in [0.15, 0.2) is 0 Å². The Kier molecular flexibility index (Phi) is 8.15. The molecular formula is C28H33F4NO2. The molecule has 1 N–H and O–H groups in total. The molecule has 190 valence electrons. The summed E-state index contributed by atoms with van der Waals surface area (Å²) in [6, 6.07) is 12.0. The molecule has 0 aromatic heterocycles. The van der Waals surface area contributed by atoms with E-state index in [9.17, 15) is 27.5 Å². The molecule has 2 saturated carbocycles. The Hall–Kier alpha value is -2.41. The molecule has 0 spiro atoms. The summed E-state index contributed by atoms with van der Waals surface area (Å²) in [5, 5.41) is 9.36. The van der Waals surface area contributed by atoms with Crippen molar-refractivity contribution < 1.29 is 27.5 Å². The van der Waals surface area contributed by atoms with E-state index in [4.69, 9.17) is 0 Å². The van der Waals surface area contributed by atoms with Crippen molar-refractivity contribution >= 4 is 5.97 Å². The lowest BCUT2D eigenvalue weighted by Gasteiger charge is -2.44. The van der Waals surface area contributed by atoms with Gasteiger partial charge in [-0.15, -0.1) is 0 Å². The normalized spacial score (nSPS) is 23.6. The highest BCUT2D eigenvalue weighted by Gasteiger charge is 2.38. The minimum Gasteiger partial charge on any atom is -0.481 e. The van der Waals surface area contributed by atoms with E-state index in [-0.39, 0.29) is 30.1 Å². The van der Waals surface area contributed by atoms with E-state index >= 15 is 0 Å². The molecule has 0 bridgehead atoms. The van der Waals surface area contributed by atoms with Crippen molar-refractivity contribution in [3.63, 3.8) is 0 Å². The van der Waals surface area contributed by atoms with Crippen LogP contribution in [0.5, 0.6) is 0 Å². The summed E-state index contributed by atoms with van der Waals surface area (Å²) in [4.78, 5) is 13.8. The second-order valence-corrected chi connectivity index (χ2v) is 10.3. The van der Waals surface area contributed by atoms with Crippen molar-refractivity contribution in [3.05, 3.63) is 71.0 Å². The van der Waals surface area contributed by atoms with Crippen molar-refractivity contribution in [2.45, 2.75) is 76.0 Å². The SMILES string of the molecule is O=C(O)CC1CCC(N(Cc2cccc(F)c2)CC2CCCC2)C(c2ccc(C(F)(F)F)cc2)C1. The summed E-state index contributed by atoms with van der Waals surface area (Å²) in [6.07, 6.45) is 2.52. The molecule has 7 heteroatoms. The lowest BCUT2D eigenvalue weighted by Crippen LogP contribution is -2.44. The zero-order chi connectivity index (χ0) is 25.0. The number of nitrogens with zero attached hydrogens (tertiary/aromatic N) is 1. The number of hydrogen-bond donors (Lipinski definition) is 1. The summed E-state index contributed by atoms with van der Waals surface area (Å²) in [5.74, 6) is -0.674. The van der Waals surface area contributed by atoms with Gasteiger partial charge in [0.25, 0.3) is 0 Å². The maximum Gasteiger partial charge on any atom is 0.416 e. The summed E-state index contributed by atoms with van der Waals surface area (Å²) >= 11 is 0. The van der Waals surface area contributed by atoms with Crippen LogP contribution >= 0.6 is 0 Å². The maximum atomic E-state index is 13.9. The van der Waals surface area contributed by atoms with Crippen molar-refractivity contribution in [1.82, 2.24) is 4.90 Å². The number of rotatable bonds is 8. The summed E-state index contributed by atoms with van der Waals surface area (Å²) in [5.41, 5.74) is 1.01. The predicted octanol–water partition coefficient (Wildman–Crippen LogP) is 7.26. The number of carboxylic acids is 1. The van der Waals surface area contributed by atoms with Gasteiger partial charge >= 0.3 is 12.1 Å². The summed E-state index contributed by atoms with van der Waals surface area (Å²) < 4.78 is 53.5. The highest BCUT2D eigenvalue weighted by molar-refractivity contribution is 5.67. The maximum absolute atomic E-state index is 13.9. The zero-order valence-electron chi connectivity index (χ0n) is 19.8. The molecule has 2 aromatic rings. The van der Waals surface area contributed by atoms with Crippen LogP contribution in [-0.4, -0.2) is 28.6 Å². The van der Waals surface area contributed by atoms with Gasteiger partial charge in [0.05, 0.1) is 5.56 Å². The zero-order valence-corrected chi connectivity index (χ0v) is 19.8. The van der Waals surface area contributed by atoms with Gasteiger partial charge < -0.3 is 5.11 Å². The molecule has 0 radical (unpaired) electrons. The number of alkyl halides is 3. The molecule has 0 aliphatic heterocycles. The average molecular weight is 492 g/mol. The Bertz CT molecular complexity index is 985. The average Bonchev–Trinajstić information content (AvgIpc) is 3.31. The fourth-order valence-electron chi connectivity index (χ4n) is 6.10. The van der Waals surface area contributed by atoms with Crippen LogP contribution in [-0.2, 0) is 17.5 Å². The van der Waals surface area contributed by atoms with E-state index in [0.717, 1.165) is 55.5 Å². The van der Waals surface area contributed by atoms with Gasteiger partial charge in [0, 0.05) is 25.6 Å². The molecule has 0 heterocycles. The number of halogens is 4. The van der Waals surface area contributed by atoms with E-state index in [0.29, 0.717) is 18.9 Å². The highest BCUT2D eigenvalue weighted by atomic mass is 19.4. The fourth-order valence-corrected chi connectivity index (χ4v) is 6.10. The van der Waals surface area contributed by atoms with Crippen molar-refractivity contribution in [1.29, 1.82) is 0 Å². The first-order chi connectivity index (χ1) is 16.7. The minimum absolute atomic E-state index is 0.0152. The molecule has 2 aliphatic rings. The number of hydrogen-bond acceptors (Lipinski definition) is 2. The summed E-state index contributed by atoms with van der Waals surface area (Å²) in [6.45, 7) is 1.43. The standard InChI is InChI=1S/C28H33F4NO2/c29-24-7-3-6-21(14-24)18-33(17-19-4-1-2-5-19)26-13-8-20(16-27(34)35)15-25(26)22-9-11-23(12-10-22)28(30,31)32/h3,6-7,9-12,14,19-20,25-26H,1-2,4-5,8,13,15-18H2,(H,34,35). The monoisotopic (exact) mass is 491 g/mol. The smallest absolute Gasteiger partial charge is 0.416 e. The van der Waals surface area contributed by atoms with Crippen LogP contribution in [0.4, 0.5) is 17.6 Å². The van der Waals surface area contributed by atoms with Gasteiger partial charge in [-0.05, 0) is 85.3 Å². The lowest BCUT2D eigenvalue weighted by molar-refractivity contribution is -0.139. The first kappa shape index (κ1) is 25.7. The largest absolute Gasteiger partial charge is 0.481 e. The van der Waals surface area contributed by atoms with Crippen LogP contribution in [0.3, 0.4) is 0 Å². The molecule has 3 nitrogen and oxygen atoms in total. The molecule has 4 rings (SSSR count). The van der Waals surface area contributed by atoms with Gasteiger partial charge in [-0.25, -0.2) is 4.39 Å². The molecule has 35 heavy (non-hydrogen) atoms. The van der Waals surface area contributed by atoms with Crippen molar-refractivity contribution in [2.75, 3.05) is 6.54 Å². The topological polar surface area (TPSA) is 40.5 Å². The van der Waals surface area contributed by atoms with Crippen molar-refractivity contribution in [2.24, 2.45) is 11.8 Å². The van der Waals surface area contributed by atoms with Crippen LogP contribution in [0.15, 0.2) is 48.5 Å². The van der Waals surface area contributed by atoms with Gasteiger partial charge in [0.1, 0.15) is 5.82 Å². The molecule has 0 saturated heterocycles. The minimum atomic E-state index is -4.40. The number of aliphatic carboxylic acids is 1. The molecule has 3 atom stereocenters. The van der Waals surface area contributed by atoms with E-state index in [2.05, 4.69) is 4.90 Å². The van der Waals surface area contributed by atoms with E-state index in [1.54, 1.807) is 24.3 Å². The third kappa shape index (κ3) is 6.84. The van der Waals surface area contributed by atoms with Crippen LogP contribution in [0.2, 0.25) is 0 Å². The lowest BCUT2D eigenvalue weighted by atomic mass is 9.72. The van der Waals surface area contributed by atoms with Gasteiger partial charge in [-0.1, -0.05) is 37.1 Å². The second-order valence-electron chi connectivity index (χ2n) is 10.3. The van der Waals surface area contributed by atoms with Crippen LogP contribution in [0.25, 0.3) is 0 Å². The molecule has 2 aromatic carbocycles. The number of carbonyl (C=O) groups is 1. The Labute approximate surface area is 204 Å². The second kappa shape index (κ2) is 11.1. The Morgan fingerprint density at radius 1 is 0.971 bits per heavy atom. The quantitative estimate of drug-likeness (QED) is 0.395. The fraction of sp³-hybridized carbons (Fsp3) is 0.536. The Morgan fingerprint density at radius 2 is 1.69 bits per heavy atom. The van der Waals surface area contributed by atoms with E-state index < -0.39 is 17.7 Å². The molecule has 2 fully saturated rings. The first-order valence-corrected chi connectivity index (χ1v) is 12.6. The third-order valence-electron chi connectivity index (χ3n) is 7.76. The highest BCUT2D eigenvalue weighted by Crippen LogP contribution is 2.42. The summed E-state index contributed by atoms with van der Waals surface area (Å²) in [7, 11) is 0. The Morgan fingerprint density at radius 3 is 2.31 bits per heavy atom. The Balaban J connectivity index is 1.64. The number of carboxylic acid groups (broad SMARTS) is 1. The first-order valence-electron chi connectivity index (χ1n) is 12.6. The van der Waals surface area contributed by atoms with Gasteiger partial charge in [0.2, 0.25) is 0 Å². The van der Waals surface area contributed by atoms with E-state index in [1.807, 2.05) is 6.07 Å². The van der Waals surface area contributed by atoms with E-state index in [1.165, 1.54) is 18.9 Å². The molecular weight excluding hydrogens is 458 g/mol. The van der Waals surface area contributed by atoms with Gasteiger partial charge in [-0.3, -0.25) is 9.69 Å². The molecule has 0 amide bonds. The number of benzene rings is 2. The predicted molar refractivity (Wildman–Crippen MR) is 126 cm³/mol. The van der Waals surface area contributed by atoms with Crippen molar-refractivity contribution in [3.8, 4) is 0 Å². The van der Waals surface area contributed by atoms with Crippen LogP contribution in [0, 0.1) is 17.7 Å². The molecule has 2 aliphatic carbocycles. The third-order valence-corrected chi connectivity index (χ3v) is 7.76. The van der Waals surface area contributed by atoms with Crippen LogP contribution in [0.1, 0.15) is 74.0 Å².